The summed E-state index contributed by atoms with van der Waals surface area (Å²) in [4.78, 5) is 19.1. The van der Waals surface area contributed by atoms with Crippen LogP contribution in [0.1, 0.15) is 10.4 Å². The van der Waals surface area contributed by atoms with Crippen LogP contribution in [0.2, 0.25) is 0 Å². The predicted octanol–water partition coefficient (Wildman–Crippen LogP) is 3.12. The van der Waals surface area contributed by atoms with Crippen molar-refractivity contribution < 1.29 is 14.6 Å². The first-order valence-corrected chi connectivity index (χ1v) is 5.95. The van der Waals surface area contributed by atoms with Gasteiger partial charge in [0, 0.05) is 0 Å². The number of ether oxygens (including phenoxy) is 1. The molecule has 0 saturated heterocycles. The zero-order valence-electron chi connectivity index (χ0n) is 10.4. The van der Waals surface area contributed by atoms with E-state index in [1.165, 1.54) is 18.5 Å². The van der Waals surface area contributed by atoms with Crippen LogP contribution >= 0.6 is 0 Å². The molecule has 98 valence electrons. The normalized spacial score (nSPS) is 10.4. The lowest BCUT2D eigenvalue weighted by Crippen LogP contribution is -1.97. The fourth-order valence-electron chi connectivity index (χ4n) is 1.85. The van der Waals surface area contributed by atoms with E-state index >= 15 is 0 Å². The van der Waals surface area contributed by atoms with Crippen molar-refractivity contribution in [1.29, 1.82) is 0 Å². The number of para-hydroxylation sites is 1. The first kappa shape index (κ1) is 12.1. The van der Waals surface area contributed by atoms with Gasteiger partial charge in [0.05, 0.1) is 16.5 Å². The van der Waals surface area contributed by atoms with Crippen LogP contribution in [-0.4, -0.2) is 21.0 Å². The fraction of sp³-hybridized carbons (Fsp3) is 0. The third-order valence-electron chi connectivity index (χ3n) is 2.80. The van der Waals surface area contributed by atoms with Crippen LogP contribution in [0, 0.1) is 0 Å². The number of hydrogen-bond acceptors (Lipinski definition) is 4. The molecule has 0 aliphatic carbocycles. The molecular weight excluding hydrogens is 256 g/mol. The SMILES string of the molecule is O=C(O)c1ccc2c(Oc3ccccc3)ncnc2c1. The first-order valence-electron chi connectivity index (χ1n) is 5.95. The molecule has 0 bridgehead atoms. The highest BCUT2D eigenvalue weighted by atomic mass is 16.5. The number of carbonyl (C=O) groups is 1. The third kappa shape index (κ3) is 2.29. The van der Waals surface area contributed by atoms with Crippen molar-refractivity contribution >= 4 is 16.9 Å². The van der Waals surface area contributed by atoms with Gasteiger partial charge in [-0.05, 0) is 30.3 Å². The standard InChI is InChI=1S/C15H10N2O3/c18-15(19)10-6-7-12-13(8-10)16-9-17-14(12)20-11-4-2-1-3-5-11/h1-9H,(H,18,19). The van der Waals surface area contributed by atoms with Crippen LogP contribution < -0.4 is 4.74 Å². The summed E-state index contributed by atoms with van der Waals surface area (Å²) >= 11 is 0. The molecule has 2 aromatic carbocycles. The Labute approximate surface area is 114 Å². The van der Waals surface area contributed by atoms with E-state index in [1.54, 1.807) is 6.07 Å². The van der Waals surface area contributed by atoms with Crippen LogP contribution in [-0.2, 0) is 0 Å². The molecule has 0 atom stereocenters. The summed E-state index contributed by atoms with van der Waals surface area (Å²) in [6.45, 7) is 0. The molecule has 0 aliphatic rings. The van der Waals surface area contributed by atoms with Crippen molar-refractivity contribution in [2.45, 2.75) is 0 Å². The minimum absolute atomic E-state index is 0.182. The van der Waals surface area contributed by atoms with E-state index in [1.807, 2.05) is 30.3 Å². The van der Waals surface area contributed by atoms with Gasteiger partial charge in [0.15, 0.2) is 0 Å². The minimum atomic E-state index is -0.990. The molecule has 0 amide bonds. The lowest BCUT2D eigenvalue weighted by Gasteiger charge is -2.07. The Balaban J connectivity index is 2.06. The molecule has 0 radical (unpaired) electrons. The Bertz CT molecular complexity index is 772. The van der Waals surface area contributed by atoms with Crippen molar-refractivity contribution in [1.82, 2.24) is 9.97 Å². The van der Waals surface area contributed by atoms with Crippen molar-refractivity contribution in [3.05, 3.63) is 60.4 Å². The summed E-state index contributed by atoms with van der Waals surface area (Å²) < 4.78 is 5.69. The molecule has 1 N–H and O–H groups in total. The van der Waals surface area contributed by atoms with Gasteiger partial charge >= 0.3 is 5.97 Å². The lowest BCUT2D eigenvalue weighted by molar-refractivity contribution is 0.0697. The van der Waals surface area contributed by atoms with E-state index in [4.69, 9.17) is 9.84 Å². The van der Waals surface area contributed by atoms with E-state index in [2.05, 4.69) is 9.97 Å². The topological polar surface area (TPSA) is 72.3 Å². The number of fused-ring (bicyclic) bond motifs is 1. The van der Waals surface area contributed by atoms with Crippen LogP contribution in [0.4, 0.5) is 0 Å². The van der Waals surface area contributed by atoms with Crippen LogP contribution in [0.25, 0.3) is 10.9 Å². The van der Waals surface area contributed by atoms with Gasteiger partial charge in [0.2, 0.25) is 5.88 Å². The number of aromatic nitrogens is 2. The van der Waals surface area contributed by atoms with Crippen molar-refractivity contribution in [3.63, 3.8) is 0 Å². The maximum atomic E-state index is 10.9. The molecule has 0 spiro atoms. The Morgan fingerprint density at radius 3 is 2.60 bits per heavy atom. The number of carboxylic acids is 1. The van der Waals surface area contributed by atoms with Crippen LogP contribution in [0.3, 0.4) is 0 Å². The molecule has 0 aliphatic heterocycles. The van der Waals surface area contributed by atoms with E-state index < -0.39 is 5.97 Å². The zero-order valence-corrected chi connectivity index (χ0v) is 10.4. The number of nitrogens with zero attached hydrogens (tertiary/aromatic N) is 2. The molecule has 3 rings (SSSR count). The van der Waals surface area contributed by atoms with Crippen molar-refractivity contribution in [3.8, 4) is 11.6 Å². The highest BCUT2D eigenvalue weighted by Crippen LogP contribution is 2.26. The quantitative estimate of drug-likeness (QED) is 0.788. The van der Waals surface area contributed by atoms with Gasteiger partial charge in [-0.25, -0.2) is 14.8 Å². The molecule has 5 nitrogen and oxygen atoms in total. The number of carboxylic acid groups (broad SMARTS) is 1. The van der Waals surface area contributed by atoms with Gasteiger partial charge in [-0.1, -0.05) is 18.2 Å². The molecule has 0 saturated carbocycles. The smallest absolute Gasteiger partial charge is 0.335 e. The monoisotopic (exact) mass is 266 g/mol. The van der Waals surface area contributed by atoms with Gasteiger partial charge in [-0.3, -0.25) is 0 Å². The van der Waals surface area contributed by atoms with Crippen LogP contribution in [0.5, 0.6) is 11.6 Å². The van der Waals surface area contributed by atoms with Crippen molar-refractivity contribution in [2.24, 2.45) is 0 Å². The largest absolute Gasteiger partial charge is 0.478 e. The molecule has 20 heavy (non-hydrogen) atoms. The Morgan fingerprint density at radius 1 is 1.05 bits per heavy atom. The highest BCUT2D eigenvalue weighted by molar-refractivity contribution is 5.94. The number of hydrogen-bond donors (Lipinski definition) is 1. The Hall–Kier alpha value is -2.95. The molecular formula is C15H10N2O3. The second-order valence-electron chi connectivity index (χ2n) is 4.13. The van der Waals surface area contributed by atoms with Gasteiger partial charge in [-0.2, -0.15) is 0 Å². The summed E-state index contributed by atoms with van der Waals surface area (Å²) in [5.74, 6) is 0.0731. The zero-order chi connectivity index (χ0) is 13.9. The summed E-state index contributed by atoms with van der Waals surface area (Å²) in [5, 5.41) is 9.64. The van der Waals surface area contributed by atoms with E-state index in [0.717, 1.165) is 0 Å². The second-order valence-corrected chi connectivity index (χ2v) is 4.13. The van der Waals surface area contributed by atoms with Gasteiger partial charge < -0.3 is 9.84 Å². The van der Waals surface area contributed by atoms with Gasteiger partial charge in [-0.15, -0.1) is 0 Å². The van der Waals surface area contributed by atoms with Gasteiger partial charge in [0.25, 0.3) is 0 Å². The van der Waals surface area contributed by atoms with Gasteiger partial charge in [0.1, 0.15) is 12.1 Å². The lowest BCUT2D eigenvalue weighted by atomic mass is 10.1. The molecule has 0 fully saturated rings. The molecule has 1 heterocycles. The number of benzene rings is 2. The molecule has 0 unspecified atom stereocenters. The fourth-order valence-corrected chi connectivity index (χ4v) is 1.85. The molecule has 5 heteroatoms. The average Bonchev–Trinajstić information content (AvgIpc) is 2.48. The first-order chi connectivity index (χ1) is 9.74. The average molecular weight is 266 g/mol. The van der Waals surface area contributed by atoms with Crippen LogP contribution in [0.15, 0.2) is 54.9 Å². The van der Waals surface area contributed by atoms with E-state index in [0.29, 0.717) is 22.5 Å². The molecule has 3 aromatic rings. The number of rotatable bonds is 3. The van der Waals surface area contributed by atoms with E-state index in [-0.39, 0.29) is 5.56 Å². The second kappa shape index (κ2) is 4.97. The Morgan fingerprint density at radius 2 is 1.85 bits per heavy atom. The van der Waals surface area contributed by atoms with E-state index in [9.17, 15) is 4.79 Å². The van der Waals surface area contributed by atoms with Crippen molar-refractivity contribution in [2.75, 3.05) is 0 Å². The summed E-state index contributed by atoms with van der Waals surface area (Å²) in [6.07, 6.45) is 1.35. The minimum Gasteiger partial charge on any atom is -0.478 e. The maximum Gasteiger partial charge on any atom is 0.335 e. The third-order valence-corrected chi connectivity index (χ3v) is 2.80. The molecule has 1 aromatic heterocycles. The summed E-state index contributed by atoms with van der Waals surface area (Å²) in [5.41, 5.74) is 0.715. The highest BCUT2D eigenvalue weighted by Gasteiger charge is 2.09. The maximum absolute atomic E-state index is 10.9. The Kier molecular flexibility index (Phi) is 3.01. The summed E-state index contributed by atoms with van der Waals surface area (Å²) in [6, 6.07) is 13.9. The predicted molar refractivity (Wildman–Crippen MR) is 73.0 cm³/mol. The number of aromatic carboxylic acids is 1. The summed E-state index contributed by atoms with van der Waals surface area (Å²) in [7, 11) is 0.